The molecule has 0 bridgehead atoms. The van der Waals surface area contributed by atoms with Crippen molar-refractivity contribution in [3.63, 3.8) is 0 Å². The molecule has 1 aliphatic carbocycles. The lowest BCUT2D eigenvalue weighted by atomic mass is 9.95. The quantitative estimate of drug-likeness (QED) is 0.110. The van der Waals surface area contributed by atoms with Crippen LogP contribution in [0.15, 0.2) is 53.3 Å². The lowest BCUT2D eigenvalue weighted by Gasteiger charge is -2.24. The number of nitrogens with one attached hydrogen (secondary N) is 4. The Morgan fingerprint density at radius 3 is 2.48 bits per heavy atom. The van der Waals surface area contributed by atoms with Crippen LogP contribution in [-0.4, -0.2) is 55.7 Å². The molecule has 11 heteroatoms. The van der Waals surface area contributed by atoms with Crippen molar-refractivity contribution in [1.29, 1.82) is 0 Å². The van der Waals surface area contributed by atoms with Gasteiger partial charge in [-0.05, 0) is 78.6 Å². The number of aromatic nitrogens is 2. The smallest absolute Gasteiger partial charge is 0.242 e. The highest BCUT2D eigenvalue weighted by atomic mass is 16.5. The predicted octanol–water partition coefficient (Wildman–Crippen LogP) is 6.10. The van der Waals surface area contributed by atoms with Crippen molar-refractivity contribution >= 4 is 28.5 Å². The molecule has 266 valence electrons. The number of imidazole rings is 1. The zero-order chi connectivity index (χ0) is 35.8. The van der Waals surface area contributed by atoms with Crippen LogP contribution in [0.2, 0.25) is 0 Å². The third-order valence-corrected chi connectivity index (χ3v) is 9.55. The topological polar surface area (TPSA) is 144 Å². The maximum absolute atomic E-state index is 13.9. The molecule has 4 N–H and O–H groups in total. The van der Waals surface area contributed by atoms with Crippen molar-refractivity contribution in [2.75, 3.05) is 33.2 Å². The van der Waals surface area contributed by atoms with E-state index in [4.69, 9.17) is 14.2 Å². The Morgan fingerprint density at radius 2 is 1.78 bits per heavy atom. The Balaban J connectivity index is 1.36. The number of carbonyl (C=O) groups excluding carboxylic acids is 2. The number of hydrogen-bond acceptors (Lipinski definition) is 8. The van der Waals surface area contributed by atoms with Crippen LogP contribution in [0.5, 0.6) is 17.2 Å². The summed E-state index contributed by atoms with van der Waals surface area (Å²) in [6.07, 6.45) is 5.48. The first-order chi connectivity index (χ1) is 24.2. The standard InChI is InChI=1S/C39H49N5O6/c1-7-23(2)36(39(47)40-20-12-8-9-15-34-42-29-13-10-11-14-30(29)43-34)44-31-19-17-26-27(22-32(31)46)28(41-24(3)45)18-16-25-21-33(48-4)37(49-5)38(50-6)35(25)26/h10-11,13-14,17,19,21-23,28,36H,7-9,12,15-16,18,20H2,1-6H3,(H,40,47)(H,41,45)(H,42,43)(H,44,46)/t23-,28+,36+/m1/s1. The molecule has 3 aromatic carbocycles. The van der Waals surface area contributed by atoms with Crippen molar-refractivity contribution in [1.82, 2.24) is 20.6 Å². The number of ether oxygens (including phenoxy) is 3. The van der Waals surface area contributed by atoms with E-state index >= 15 is 0 Å². The lowest BCUT2D eigenvalue weighted by Crippen LogP contribution is -2.44. The fraction of sp³-hybridized carbons (Fsp3) is 0.436. The number of benzene rings is 2. The minimum Gasteiger partial charge on any atom is -0.493 e. The monoisotopic (exact) mass is 683 g/mol. The van der Waals surface area contributed by atoms with Gasteiger partial charge in [0.25, 0.3) is 0 Å². The van der Waals surface area contributed by atoms with Crippen LogP contribution in [-0.2, 0) is 22.4 Å². The highest BCUT2D eigenvalue weighted by Gasteiger charge is 2.30. The molecule has 0 aliphatic heterocycles. The molecule has 1 aromatic heterocycles. The lowest BCUT2D eigenvalue weighted by molar-refractivity contribution is -0.123. The third-order valence-electron chi connectivity index (χ3n) is 9.55. The average Bonchev–Trinajstić information content (AvgIpc) is 3.39. The van der Waals surface area contributed by atoms with Crippen molar-refractivity contribution in [2.24, 2.45) is 5.92 Å². The number of aromatic amines is 1. The van der Waals surface area contributed by atoms with Crippen LogP contribution in [0.1, 0.15) is 75.9 Å². The third kappa shape index (κ3) is 8.04. The first kappa shape index (κ1) is 36.2. The van der Waals surface area contributed by atoms with Crippen LogP contribution in [0, 0.1) is 5.92 Å². The van der Waals surface area contributed by atoms with E-state index in [2.05, 4.69) is 25.9 Å². The second-order valence-electron chi connectivity index (χ2n) is 12.9. The molecule has 0 saturated heterocycles. The summed E-state index contributed by atoms with van der Waals surface area (Å²) >= 11 is 0. The van der Waals surface area contributed by atoms with Gasteiger partial charge >= 0.3 is 0 Å². The van der Waals surface area contributed by atoms with E-state index in [1.165, 1.54) is 6.92 Å². The van der Waals surface area contributed by atoms with E-state index < -0.39 is 12.1 Å². The summed E-state index contributed by atoms with van der Waals surface area (Å²) in [4.78, 5) is 47.8. The summed E-state index contributed by atoms with van der Waals surface area (Å²) in [5.41, 5.74) is 5.13. The van der Waals surface area contributed by atoms with Gasteiger partial charge in [-0.3, -0.25) is 14.4 Å². The van der Waals surface area contributed by atoms with Crippen molar-refractivity contribution in [3.05, 3.63) is 75.7 Å². The number of nitrogens with zero attached hydrogens (tertiary/aromatic N) is 1. The fourth-order valence-electron chi connectivity index (χ4n) is 6.74. The van der Waals surface area contributed by atoms with E-state index in [1.54, 1.807) is 33.5 Å². The summed E-state index contributed by atoms with van der Waals surface area (Å²) in [6, 6.07) is 14.0. The van der Waals surface area contributed by atoms with Crippen molar-refractivity contribution in [3.8, 4) is 28.4 Å². The summed E-state index contributed by atoms with van der Waals surface area (Å²) in [6.45, 7) is 6.03. The second kappa shape index (κ2) is 16.6. The molecule has 5 rings (SSSR count). The largest absolute Gasteiger partial charge is 0.493 e. The summed E-state index contributed by atoms with van der Waals surface area (Å²) in [5.74, 6) is 2.03. The maximum Gasteiger partial charge on any atom is 0.242 e. The highest BCUT2D eigenvalue weighted by Crippen LogP contribution is 2.50. The molecule has 2 amide bonds. The van der Waals surface area contributed by atoms with Gasteiger partial charge in [0.05, 0.1) is 44.1 Å². The molecular formula is C39H49N5O6. The molecule has 0 fully saturated rings. The van der Waals surface area contributed by atoms with Gasteiger partial charge in [0.15, 0.2) is 11.5 Å². The molecule has 0 saturated carbocycles. The zero-order valence-electron chi connectivity index (χ0n) is 29.9. The van der Waals surface area contributed by atoms with Gasteiger partial charge in [-0.15, -0.1) is 0 Å². The van der Waals surface area contributed by atoms with Crippen LogP contribution in [0.3, 0.4) is 0 Å². The number of methoxy groups -OCH3 is 3. The maximum atomic E-state index is 13.9. The minimum atomic E-state index is -0.622. The molecule has 11 nitrogen and oxygen atoms in total. The van der Waals surface area contributed by atoms with Gasteiger partial charge < -0.3 is 35.1 Å². The number of para-hydroxylation sites is 2. The van der Waals surface area contributed by atoms with Gasteiger partial charge in [-0.1, -0.05) is 44.9 Å². The Labute approximate surface area is 293 Å². The van der Waals surface area contributed by atoms with Crippen molar-refractivity contribution < 1.29 is 23.8 Å². The number of amides is 2. The summed E-state index contributed by atoms with van der Waals surface area (Å²) in [5, 5.41) is 9.42. The minimum absolute atomic E-state index is 0.0458. The Morgan fingerprint density at radius 1 is 1.00 bits per heavy atom. The van der Waals surface area contributed by atoms with Gasteiger partial charge in [-0.2, -0.15) is 0 Å². The predicted molar refractivity (Wildman–Crippen MR) is 196 cm³/mol. The van der Waals surface area contributed by atoms with Gasteiger partial charge in [0.2, 0.25) is 23.0 Å². The Bertz CT molecular complexity index is 1860. The number of carbonyl (C=O) groups is 2. The van der Waals surface area contributed by atoms with Gasteiger partial charge in [-0.25, -0.2) is 4.98 Å². The SMILES string of the molecule is CC[C@@H](C)[C@H](Nc1ccc2c(cc1=O)[C@@H](NC(C)=O)CCc1cc(OC)c(OC)c(OC)c1-2)C(=O)NCCCCCc1nc2ccccc2[nH]1. The molecule has 1 heterocycles. The van der Waals surface area contributed by atoms with Crippen LogP contribution >= 0.6 is 0 Å². The van der Waals surface area contributed by atoms with E-state index in [0.29, 0.717) is 47.9 Å². The summed E-state index contributed by atoms with van der Waals surface area (Å²) < 4.78 is 17.2. The van der Waals surface area contributed by atoms with Gasteiger partial charge in [0.1, 0.15) is 11.9 Å². The zero-order valence-corrected chi connectivity index (χ0v) is 29.9. The van der Waals surface area contributed by atoms with E-state index in [0.717, 1.165) is 65.7 Å². The molecule has 0 unspecified atom stereocenters. The first-order valence-electron chi connectivity index (χ1n) is 17.4. The molecule has 1 aliphatic rings. The van der Waals surface area contributed by atoms with E-state index in [9.17, 15) is 14.4 Å². The number of H-pyrrole nitrogens is 1. The first-order valence-corrected chi connectivity index (χ1v) is 17.4. The summed E-state index contributed by atoms with van der Waals surface area (Å²) in [7, 11) is 4.69. The average molecular weight is 684 g/mol. The van der Waals surface area contributed by atoms with Gasteiger partial charge in [0, 0.05) is 25.5 Å². The van der Waals surface area contributed by atoms with Crippen LogP contribution in [0.25, 0.3) is 22.2 Å². The highest BCUT2D eigenvalue weighted by molar-refractivity contribution is 5.86. The second-order valence-corrected chi connectivity index (χ2v) is 12.9. The van der Waals surface area contributed by atoms with E-state index in [1.807, 2.05) is 50.2 Å². The number of unbranched alkanes of at least 4 members (excludes halogenated alkanes) is 2. The number of rotatable bonds is 15. The van der Waals surface area contributed by atoms with Crippen LogP contribution < -0.4 is 35.6 Å². The molecule has 0 spiro atoms. The number of anilines is 1. The number of hydrogen-bond donors (Lipinski definition) is 4. The normalized spacial score (nSPS) is 14.8. The molecule has 0 radical (unpaired) electrons. The Kier molecular flexibility index (Phi) is 12.0. The van der Waals surface area contributed by atoms with E-state index in [-0.39, 0.29) is 23.2 Å². The Hall–Kier alpha value is -5.06. The number of fused-ring (bicyclic) bond motifs is 4. The molecule has 3 atom stereocenters. The fourth-order valence-corrected chi connectivity index (χ4v) is 6.74. The molecule has 50 heavy (non-hydrogen) atoms. The van der Waals surface area contributed by atoms with Crippen molar-refractivity contribution in [2.45, 2.75) is 77.8 Å². The van der Waals surface area contributed by atoms with Crippen LogP contribution in [0.4, 0.5) is 5.69 Å². The molecular weight excluding hydrogens is 634 g/mol. The number of aryl methyl sites for hydroxylation is 2. The molecule has 4 aromatic rings.